The van der Waals surface area contributed by atoms with Crippen LogP contribution in [0.25, 0.3) is 22.4 Å². The number of rotatable bonds is 3. The second-order valence-electron chi connectivity index (χ2n) is 7.22. The van der Waals surface area contributed by atoms with Crippen molar-refractivity contribution < 1.29 is 23.2 Å². The molecule has 3 aromatic rings. The van der Waals surface area contributed by atoms with E-state index in [1.165, 1.54) is 23.6 Å². The zero-order chi connectivity index (χ0) is 25.1. The van der Waals surface area contributed by atoms with Crippen LogP contribution < -0.4 is 0 Å². The van der Waals surface area contributed by atoms with Crippen LogP contribution in [0.3, 0.4) is 0 Å². The smallest absolute Gasteiger partial charge is 0.286 e. The van der Waals surface area contributed by atoms with Crippen molar-refractivity contribution in [2.75, 3.05) is 26.2 Å². The SMILES string of the molecule is C/C=C/C(=O)N1CCN(C(=O)C=O)CC1.C=CC.Cc1c[nH]c2c(-c3cnco3)ncc(F)c12. The molecule has 9 nitrogen and oxygen atoms in total. The first-order chi connectivity index (χ1) is 16.4. The number of H-pyrrole nitrogens is 1. The van der Waals surface area contributed by atoms with Gasteiger partial charge in [-0.3, -0.25) is 14.4 Å². The van der Waals surface area contributed by atoms with Crippen molar-refractivity contribution in [2.45, 2.75) is 20.8 Å². The van der Waals surface area contributed by atoms with Gasteiger partial charge in [-0.1, -0.05) is 12.2 Å². The fourth-order valence-corrected chi connectivity index (χ4v) is 3.26. The van der Waals surface area contributed by atoms with E-state index in [0.29, 0.717) is 54.8 Å². The first kappa shape index (κ1) is 26.2. The Morgan fingerprint density at radius 1 is 1.15 bits per heavy atom. The molecule has 0 spiro atoms. The van der Waals surface area contributed by atoms with Crippen LogP contribution in [0.15, 0.2) is 54.2 Å². The number of aromatic nitrogens is 3. The van der Waals surface area contributed by atoms with E-state index >= 15 is 0 Å². The standard InChI is InChI=1S/C11H8FN3O.C10H14N2O3.C3H6/c1-6-2-14-11-9(6)7(12)3-15-10(11)8-4-13-5-16-8;1-2-3-9(14)11-4-6-12(7-5-11)10(15)8-13;1-3-2/h2-5,14H,1H3;2-3,8H,4-7H2,1H3;3H,1H2,2H3/b;3-2+;. The lowest BCUT2D eigenvalue weighted by Crippen LogP contribution is -2.50. The summed E-state index contributed by atoms with van der Waals surface area (Å²) in [6, 6.07) is 0. The number of carbonyl (C=O) groups is 3. The maximum atomic E-state index is 13.6. The Labute approximate surface area is 197 Å². The van der Waals surface area contributed by atoms with Gasteiger partial charge in [0.2, 0.25) is 12.2 Å². The highest BCUT2D eigenvalue weighted by Crippen LogP contribution is 2.28. The summed E-state index contributed by atoms with van der Waals surface area (Å²) >= 11 is 0. The van der Waals surface area contributed by atoms with Gasteiger partial charge in [0.05, 0.1) is 17.9 Å². The molecule has 34 heavy (non-hydrogen) atoms. The van der Waals surface area contributed by atoms with Crippen LogP contribution in [0.2, 0.25) is 0 Å². The van der Waals surface area contributed by atoms with Gasteiger partial charge in [0, 0.05) is 37.8 Å². The number of nitrogens with zero attached hydrogens (tertiary/aromatic N) is 4. The summed E-state index contributed by atoms with van der Waals surface area (Å²) in [5.74, 6) is -0.368. The van der Waals surface area contributed by atoms with E-state index in [2.05, 4.69) is 21.5 Å². The molecular weight excluding hydrogens is 441 g/mol. The van der Waals surface area contributed by atoms with Crippen molar-refractivity contribution in [3.63, 3.8) is 0 Å². The average molecular weight is 470 g/mol. The number of nitrogens with one attached hydrogen (secondary N) is 1. The van der Waals surface area contributed by atoms with Gasteiger partial charge in [0.25, 0.3) is 5.91 Å². The number of carbonyl (C=O) groups excluding carboxylic acids is 3. The van der Waals surface area contributed by atoms with E-state index in [0.717, 1.165) is 5.56 Å². The van der Waals surface area contributed by atoms with E-state index in [1.54, 1.807) is 36.4 Å². The van der Waals surface area contributed by atoms with E-state index < -0.39 is 5.91 Å². The number of hydrogen-bond acceptors (Lipinski definition) is 6. The van der Waals surface area contributed by atoms with E-state index in [1.807, 2.05) is 13.8 Å². The second kappa shape index (κ2) is 12.8. The first-order valence-electron chi connectivity index (χ1n) is 10.6. The summed E-state index contributed by atoms with van der Waals surface area (Å²) < 4.78 is 18.7. The van der Waals surface area contributed by atoms with Crippen LogP contribution in [0.5, 0.6) is 0 Å². The number of pyridine rings is 1. The second-order valence-corrected chi connectivity index (χ2v) is 7.22. The van der Waals surface area contributed by atoms with Gasteiger partial charge in [0.1, 0.15) is 5.69 Å². The number of fused-ring (bicyclic) bond motifs is 1. The van der Waals surface area contributed by atoms with Crippen molar-refractivity contribution in [2.24, 2.45) is 0 Å². The quantitative estimate of drug-likeness (QED) is 0.273. The summed E-state index contributed by atoms with van der Waals surface area (Å²) in [5.41, 5.74) is 2.05. The molecule has 2 amide bonds. The van der Waals surface area contributed by atoms with E-state index in [4.69, 9.17) is 4.42 Å². The molecule has 4 heterocycles. The highest BCUT2D eigenvalue weighted by atomic mass is 19.1. The number of hydrogen-bond donors (Lipinski definition) is 1. The summed E-state index contributed by atoms with van der Waals surface area (Å²) in [6.07, 6.45) is 11.1. The number of oxazole rings is 1. The van der Waals surface area contributed by atoms with Crippen molar-refractivity contribution >= 4 is 29.0 Å². The molecule has 0 aliphatic carbocycles. The van der Waals surface area contributed by atoms with Crippen LogP contribution in [-0.2, 0) is 14.4 Å². The monoisotopic (exact) mass is 469 g/mol. The molecule has 1 aliphatic heterocycles. The Bertz CT molecular complexity index is 1150. The van der Waals surface area contributed by atoms with Crippen LogP contribution in [0.1, 0.15) is 19.4 Å². The summed E-state index contributed by atoms with van der Waals surface area (Å²) in [7, 11) is 0. The number of amides is 2. The van der Waals surface area contributed by atoms with Gasteiger partial charge in [-0.2, -0.15) is 0 Å². The fraction of sp³-hybridized carbons (Fsp3) is 0.292. The number of halogens is 1. The molecule has 0 aromatic carbocycles. The lowest BCUT2D eigenvalue weighted by molar-refractivity contribution is -0.141. The van der Waals surface area contributed by atoms with Gasteiger partial charge >= 0.3 is 0 Å². The molecule has 4 rings (SSSR count). The number of aryl methyl sites for hydroxylation is 1. The van der Waals surface area contributed by atoms with Gasteiger partial charge in [-0.15, -0.1) is 6.58 Å². The lowest BCUT2D eigenvalue weighted by atomic mass is 10.1. The molecule has 0 radical (unpaired) electrons. The Morgan fingerprint density at radius 2 is 1.76 bits per heavy atom. The highest BCUT2D eigenvalue weighted by molar-refractivity contribution is 6.23. The van der Waals surface area contributed by atoms with Gasteiger partial charge < -0.3 is 19.2 Å². The number of aromatic amines is 1. The molecule has 0 bridgehead atoms. The predicted octanol–water partition coefficient (Wildman–Crippen LogP) is 3.29. The fourth-order valence-electron chi connectivity index (χ4n) is 3.26. The molecule has 0 unspecified atom stereocenters. The largest absolute Gasteiger partial charge is 0.442 e. The third kappa shape index (κ3) is 6.47. The van der Waals surface area contributed by atoms with Crippen LogP contribution in [0.4, 0.5) is 4.39 Å². The van der Waals surface area contributed by atoms with Crippen molar-refractivity contribution in [3.05, 3.63) is 61.2 Å². The predicted molar refractivity (Wildman–Crippen MR) is 126 cm³/mol. The molecule has 180 valence electrons. The van der Waals surface area contributed by atoms with E-state index in [-0.39, 0.29) is 11.7 Å². The molecule has 1 aliphatic rings. The first-order valence-corrected chi connectivity index (χ1v) is 10.6. The molecule has 1 fully saturated rings. The minimum Gasteiger partial charge on any atom is -0.442 e. The third-order valence-corrected chi connectivity index (χ3v) is 4.84. The van der Waals surface area contributed by atoms with Gasteiger partial charge in [-0.05, 0) is 32.4 Å². The molecular formula is C24H28FN5O4. The van der Waals surface area contributed by atoms with Crippen molar-refractivity contribution in [1.29, 1.82) is 0 Å². The Morgan fingerprint density at radius 3 is 2.29 bits per heavy atom. The number of aldehydes is 1. The Balaban J connectivity index is 0.000000216. The molecule has 0 saturated carbocycles. The molecule has 10 heteroatoms. The minimum absolute atomic E-state index is 0.0456. The zero-order valence-electron chi connectivity index (χ0n) is 19.5. The average Bonchev–Trinajstić information content (AvgIpc) is 3.51. The van der Waals surface area contributed by atoms with E-state index in [9.17, 15) is 18.8 Å². The summed E-state index contributed by atoms with van der Waals surface area (Å²) in [6.45, 7) is 10.7. The topological polar surface area (TPSA) is 112 Å². The summed E-state index contributed by atoms with van der Waals surface area (Å²) in [5, 5.41) is 0.543. The molecule has 1 N–H and O–H groups in total. The Hall–Kier alpha value is -4.08. The van der Waals surface area contributed by atoms with Gasteiger partial charge in [0.15, 0.2) is 18.0 Å². The maximum Gasteiger partial charge on any atom is 0.286 e. The highest BCUT2D eigenvalue weighted by Gasteiger charge is 2.22. The number of piperazine rings is 1. The zero-order valence-corrected chi connectivity index (χ0v) is 19.5. The summed E-state index contributed by atoms with van der Waals surface area (Å²) in [4.78, 5) is 46.6. The Kier molecular flexibility index (Phi) is 9.88. The normalized spacial score (nSPS) is 13.1. The van der Waals surface area contributed by atoms with Crippen molar-refractivity contribution in [1.82, 2.24) is 24.8 Å². The molecule has 0 atom stereocenters. The van der Waals surface area contributed by atoms with Crippen LogP contribution in [-0.4, -0.2) is 69.0 Å². The third-order valence-electron chi connectivity index (χ3n) is 4.84. The molecule has 1 saturated heterocycles. The molecule has 3 aromatic heterocycles. The number of allylic oxidation sites excluding steroid dienone is 2. The van der Waals surface area contributed by atoms with Crippen LogP contribution >= 0.6 is 0 Å². The van der Waals surface area contributed by atoms with Crippen molar-refractivity contribution in [3.8, 4) is 11.5 Å². The maximum absolute atomic E-state index is 13.6. The van der Waals surface area contributed by atoms with Gasteiger partial charge in [-0.25, -0.2) is 14.4 Å². The minimum atomic E-state index is -0.506. The lowest BCUT2D eigenvalue weighted by Gasteiger charge is -2.33. The van der Waals surface area contributed by atoms with Crippen LogP contribution in [0, 0.1) is 12.7 Å².